The maximum atomic E-state index is 13.1. The van der Waals surface area contributed by atoms with E-state index in [0.717, 1.165) is 37.2 Å². The van der Waals surface area contributed by atoms with E-state index < -0.39 is 11.9 Å². The van der Waals surface area contributed by atoms with Gasteiger partial charge in [-0.3, -0.25) is 24.6 Å². The molecule has 1 N–H and O–H groups in total. The Kier molecular flexibility index (Phi) is 6.22. The Hall–Kier alpha value is -3.97. The molecule has 6 rings (SSSR count). The van der Waals surface area contributed by atoms with Gasteiger partial charge in [0.05, 0.1) is 6.54 Å². The Balaban J connectivity index is 1.12. The number of carbonyl (C=O) groups is 3. The monoisotopic (exact) mass is 495 g/mol. The lowest BCUT2D eigenvalue weighted by Crippen LogP contribution is -2.52. The third-order valence-corrected chi connectivity index (χ3v) is 7.54. The van der Waals surface area contributed by atoms with Crippen molar-refractivity contribution in [1.82, 2.24) is 15.1 Å². The molecule has 37 heavy (non-hydrogen) atoms. The highest BCUT2D eigenvalue weighted by atomic mass is 16.5. The lowest BCUT2D eigenvalue weighted by Gasteiger charge is -2.29. The summed E-state index contributed by atoms with van der Waals surface area (Å²) in [6.07, 6.45) is 1.66. The summed E-state index contributed by atoms with van der Waals surface area (Å²) < 4.78 is 6.21. The second-order valence-electron chi connectivity index (χ2n) is 10.0. The number of hydrogen-bond acceptors (Lipinski definition) is 5. The van der Waals surface area contributed by atoms with E-state index in [-0.39, 0.29) is 18.2 Å². The number of benzene rings is 3. The molecular weight excluding hydrogens is 466 g/mol. The van der Waals surface area contributed by atoms with Crippen molar-refractivity contribution in [3.05, 3.63) is 100 Å². The maximum absolute atomic E-state index is 13.1. The standard InChI is InChI=1S/C30H29N3O4/c34-28-12-11-26(29(35)31-28)33-18-25-24(30(33)36)9-4-10-27(25)37-19-21-6-3-5-20(15-21)16-32-14-13-22-7-1-2-8-23(22)17-32/h1-10,15,26H,11-14,16-19H2,(H,31,34,35). The van der Waals surface area contributed by atoms with Gasteiger partial charge < -0.3 is 9.64 Å². The first-order valence-corrected chi connectivity index (χ1v) is 12.8. The SMILES string of the molecule is O=C1CCC(N2Cc3c(OCc4cccc(CN5CCc6ccccc6C5)c4)cccc3C2=O)C(=O)N1. The van der Waals surface area contributed by atoms with Crippen molar-refractivity contribution in [3.63, 3.8) is 0 Å². The highest BCUT2D eigenvalue weighted by Crippen LogP contribution is 2.34. The van der Waals surface area contributed by atoms with Crippen LogP contribution in [-0.2, 0) is 42.3 Å². The van der Waals surface area contributed by atoms with Gasteiger partial charge in [-0.1, -0.05) is 54.6 Å². The van der Waals surface area contributed by atoms with E-state index in [9.17, 15) is 14.4 Å². The molecule has 0 aliphatic carbocycles. The minimum atomic E-state index is -0.635. The number of fused-ring (bicyclic) bond motifs is 2. The van der Waals surface area contributed by atoms with Crippen LogP contribution in [0.2, 0.25) is 0 Å². The minimum absolute atomic E-state index is 0.194. The van der Waals surface area contributed by atoms with E-state index >= 15 is 0 Å². The summed E-state index contributed by atoms with van der Waals surface area (Å²) in [4.78, 5) is 41.0. The number of nitrogens with one attached hydrogen (secondary N) is 1. The van der Waals surface area contributed by atoms with Crippen molar-refractivity contribution in [2.45, 2.75) is 51.5 Å². The predicted molar refractivity (Wildman–Crippen MR) is 138 cm³/mol. The lowest BCUT2D eigenvalue weighted by molar-refractivity contribution is -0.136. The molecule has 1 atom stereocenters. The van der Waals surface area contributed by atoms with Gasteiger partial charge in [0, 0.05) is 37.2 Å². The second kappa shape index (κ2) is 9.82. The van der Waals surface area contributed by atoms with Gasteiger partial charge in [0.1, 0.15) is 18.4 Å². The third kappa shape index (κ3) is 4.74. The fourth-order valence-corrected chi connectivity index (χ4v) is 5.62. The van der Waals surface area contributed by atoms with Gasteiger partial charge in [-0.25, -0.2) is 0 Å². The van der Waals surface area contributed by atoms with E-state index in [4.69, 9.17) is 4.74 Å². The largest absolute Gasteiger partial charge is 0.489 e. The van der Waals surface area contributed by atoms with E-state index in [1.54, 1.807) is 11.0 Å². The molecule has 3 amide bonds. The van der Waals surface area contributed by atoms with Crippen molar-refractivity contribution >= 4 is 17.7 Å². The van der Waals surface area contributed by atoms with E-state index in [0.29, 0.717) is 30.9 Å². The summed E-state index contributed by atoms with van der Waals surface area (Å²) in [7, 11) is 0. The molecule has 0 bridgehead atoms. The van der Waals surface area contributed by atoms with Crippen molar-refractivity contribution in [2.24, 2.45) is 0 Å². The molecule has 3 aliphatic rings. The van der Waals surface area contributed by atoms with Gasteiger partial charge >= 0.3 is 0 Å². The molecule has 1 saturated heterocycles. The fraction of sp³-hybridized carbons (Fsp3) is 0.300. The molecule has 0 spiro atoms. The Morgan fingerprint density at radius 2 is 1.68 bits per heavy atom. The van der Waals surface area contributed by atoms with Crippen LogP contribution in [0.3, 0.4) is 0 Å². The van der Waals surface area contributed by atoms with Crippen molar-refractivity contribution < 1.29 is 19.1 Å². The lowest BCUT2D eigenvalue weighted by atomic mass is 9.99. The van der Waals surface area contributed by atoms with Crippen molar-refractivity contribution in [2.75, 3.05) is 6.54 Å². The topological polar surface area (TPSA) is 79.0 Å². The van der Waals surface area contributed by atoms with Crippen LogP contribution in [0.4, 0.5) is 0 Å². The van der Waals surface area contributed by atoms with E-state index in [2.05, 4.69) is 58.7 Å². The fourth-order valence-electron chi connectivity index (χ4n) is 5.62. The third-order valence-electron chi connectivity index (χ3n) is 7.54. The average molecular weight is 496 g/mol. The molecule has 188 valence electrons. The number of imide groups is 1. The Bertz CT molecular complexity index is 1380. The molecule has 3 heterocycles. The minimum Gasteiger partial charge on any atom is -0.489 e. The molecule has 1 unspecified atom stereocenters. The first-order chi connectivity index (χ1) is 18.0. The van der Waals surface area contributed by atoms with Crippen LogP contribution < -0.4 is 10.1 Å². The summed E-state index contributed by atoms with van der Waals surface area (Å²) in [5, 5.41) is 2.35. The van der Waals surface area contributed by atoms with E-state index in [1.807, 2.05) is 12.1 Å². The zero-order valence-corrected chi connectivity index (χ0v) is 20.6. The highest BCUT2D eigenvalue weighted by molar-refractivity contribution is 6.05. The van der Waals surface area contributed by atoms with Crippen molar-refractivity contribution in [1.29, 1.82) is 0 Å². The molecule has 3 aromatic rings. The smallest absolute Gasteiger partial charge is 0.255 e. The average Bonchev–Trinajstić information content (AvgIpc) is 3.24. The summed E-state index contributed by atoms with van der Waals surface area (Å²) >= 11 is 0. The van der Waals surface area contributed by atoms with E-state index in [1.165, 1.54) is 16.7 Å². The molecule has 7 nitrogen and oxygen atoms in total. The Labute approximate surface area is 216 Å². The number of rotatable bonds is 6. The number of ether oxygens (including phenoxy) is 1. The van der Waals surface area contributed by atoms with Gasteiger partial charge in [-0.2, -0.15) is 0 Å². The van der Waals surface area contributed by atoms with Crippen LogP contribution in [0.1, 0.15) is 51.0 Å². The Morgan fingerprint density at radius 3 is 2.54 bits per heavy atom. The van der Waals surface area contributed by atoms with Gasteiger partial charge in [0.15, 0.2) is 0 Å². The Morgan fingerprint density at radius 1 is 0.865 bits per heavy atom. The maximum Gasteiger partial charge on any atom is 0.255 e. The number of carbonyl (C=O) groups excluding carboxylic acids is 3. The second-order valence-corrected chi connectivity index (χ2v) is 10.0. The predicted octanol–water partition coefficient (Wildman–Crippen LogP) is 3.58. The van der Waals surface area contributed by atoms with Gasteiger partial charge in [-0.05, 0) is 47.2 Å². The van der Waals surface area contributed by atoms with Crippen LogP contribution in [0.15, 0.2) is 66.7 Å². The van der Waals surface area contributed by atoms with Gasteiger partial charge in [-0.15, -0.1) is 0 Å². The first kappa shape index (κ1) is 23.4. The van der Waals surface area contributed by atoms with Crippen LogP contribution >= 0.6 is 0 Å². The first-order valence-electron chi connectivity index (χ1n) is 12.8. The molecule has 3 aliphatic heterocycles. The number of hydrogen-bond donors (Lipinski definition) is 1. The molecule has 7 heteroatoms. The zero-order valence-electron chi connectivity index (χ0n) is 20.6. The quantitative estimate of drug-likeness (QED) is 0.529. The van der Waals surface area contributed by atoms with Gasteiger partial charge in [0.2, 0.25) is 11.8 Å². The van der Waals surface area contributed by atoms with Gasteiger partial charge in [0.25, 0.3) is 5.91 Å². The molecule has 0 aromatic heterocycles. The van der Waals surface area contributed by atoms with Crippen LogP contribution in [-0.4, -0.2) is 40.1 Å². The molecule has 0 radical (unpaired) electrons. The highest BCUT2D eigenvalue weighted by Gasteiger charge is 2.40. The zero-order chi connectivity index (χ0) is 25.4. The summed E-state index contributed by atoms with van der Waals surface area (Å²) in [6.45, 7) is 3.58. The molecule has 1 fully saturated rings. The number of amides is 3. The molecule has 0 saturated carbocycles. The summed E-state index contributed by atoms with van der Waals surface area (Å²) in [5.41, 5.74) is 6.52. The van der Waals surface area contributed by atoms with Crippen molar-refractivity contribution in [3.8, 4) is 5.75 Å². The number of nitrogens with zero attached hydrogens (tertiary/aromatic N) is 2. The molecule has 3 aromatic carbocycles. The summed E-state index contributed by atoms with van der Waals surface area (Å²) in [5.74, 6) is -0.241. The van der Waals surface area contributed by atoms with Crippen LogP contribution in [0, 0.1) is 0 Å². The summed E-state index contributed by atoms with van der Waals surface area (Å²) in [6, 6.07) is 21.9. The van der Waals surface area contributed by atoms with Crippen LogP contribution in [0.5, 0.6) is 5.75 Å². The number of piperidine rings is 1. The van der Waals surface area contributed by atoms with Crippen LogP contribution in [0.25, 0.3) is 0 Å². The molecular formula is C30H29N3O4. The normalized spacial score (nSPS) is 19.4.